The standard InChI is InChI=1S/C32H43N3O4/c1-24-7-8-29(39-24)22-35(21-25-5-3-2-4-6-25)30(36)23-34(10-9-33-11-13-38-14-12-33)31(37)32-18-26-15-27(19-32)17-28(16-26)20-32/h2-8,26-28H,9-23H2,1H3. The third kappa shape index (κ3) is 6.09. The fourth-order valence-corrected chi connectivity index (χ4v) is 8.10. The molecule has 2 amide bonds. The van der Waals surface area contributed by atoms with Crippen molar-refractivity contribution in [3.8, 4) is 0 Å². The highest BCUT2D eigenvalue weighted by Gasteiger charge is 2.55. The number of furan rings is 1. The number of hydrogen-bond acceptors (Lipinski definition) is 5. The van der Waals surface area contributed by atoms with Crippen molar-refractivity contribution >= 4 is 11.8 Å². The number of hydrogen-bond donors (Lipinski definition) is 0. The molecule has 4 saturated carbocycles. The smallest absolute Gasteiger partial charge is 0.242 e. The molecule has 1 saturated heterocycles. The minimum absolute atomic E-state index is 0.0204. The summed E-state index contributed by atoms with van der Waals surface area (Å²) < 4.78 is 11.4. The number of nitrogens with zero attached hydrogens (tertiary/aromatic N) is 3. The number of aryl methyl sites for hydroxylation is 1. The zero-order valence-electron chi connectivity index (χ0n) is 23.4. The first-order valence-corrected chi connectivity index (χ1v) is 14.9. The molecule has 210 valence electrons. The maximum atomic E-state index is 14.4. The number of carbonyl (C=O) groups is 2. The first-order valence-electron chi connectivity index (χ1n) is 14.9. The Bertz CT molecular complexity index is 1100. The molecule has 0 N–H and O–H groups in total. The zero-order chi connectivity index (χ0) is 26.8. The molecule has 7 nitrogen and oxygen atoms in total. The van der Waals surface area contributed by atoms with Gasteiger partial charge >= 0.3 is 0 Å². The van der Waals surface area contributed by atoms with E-state index in [2.05, 4.69) is 4.90 Å². The lowest BCUT2D eigenvalue weighted by Gasteiger charge is -2.56. The van der Waals surface area contributed by atoms with E-state index in [9.17, 15) is 9.59 Å². The predicted octanol–water partition coefficient (Wildman–Crippen LogP) is 4.49. The van der Waals surface area contributed by atoms with Crippen LogP contribution in [0.2, 0.25) is 0 Å². The first-order chi connectivity index (χ1) is 19.0. The van der Waals surface area contributed by atoms with E-state index in [0.717, 1.165) is 69.2 Å². The number of amides is 2. The van der Waals surface area contributed by atoms with Crippen molar-refractivity contribution in [1.29, 1.82) is 0 Å². The van der Waals surface area contributed by atoms with Crippen LogP contribution in [-0.4, -0.2) is 72.5 Å². The second-order valence-corrected chi connectivity index (χ2v) is 12.6. The van der Waals surface area contributed by atoms with Gasteiger partial charge in [0.1, 0.15) is 11.5 Å². The molecule has 5 aliphatic rings. The summed E-state index contributed by atoms with van der Waals surface area (Å²) in [5.41, 5.74) is 0.809. The average Bonchev–Trinajstić information content (AvgIpc) is 3.35. The van der Waals surface area contributed by atoms with Crippen LogP contribution in [0.4, 0.5) is 0 Å². The van der Waals surface area contributed by atoms with Crippen LogP contribution < -0.4 is 0 Å². The summed E-state index contributed by atoms with van der Waals surface area (Å²) in [5, 5.41) is 0. The average molecular weight is 534 g/mol. The summed E-state index contributed by atoms with van der Waals surface area (Å²) in [6.07, 6.45) is 6.93. The molecule has 4 bridgehead atoms. The lowest BCUT2D eigenvalue weighted by atomic mass is 9.49. The summed E-state index contributed by atoms with van der Waals surface area (Å²) in [7, 11) is 0. The van der Waals surface area contributed by atoms with Gasteiger partial charge in [-0.1, -0.05) is 30.3 Å². The highest BCUT2D eigenvalue weighted by molar-refractivity contribution is 5.88. The van der Waals surface area contributed by atoms with E-state index < -0.39 is 0 Å². The van der Waals surface area contributed by atoms with Crippen molar-refractivity contribution in [2.45, 2.75) is 58.5 Å². The van der Waals surface area contributed by atoms with Crippen LogP contribution in [0.15, 0.2) is 46.9 Å². The van der Waals surface area contributed by atoms with Gasteiger partial charge in [-0.3, -0.25) is 14.5 Å². The number of carbonyl (C=O) groups excluding carboxylic acids is 2. The van der Waals surface area contributed by atoms with Crippen LogP contribution in [-0.2, 0) is 27.4 Å². The SMILES string of the molecule is Cc1ccc(CN(Cc2ccccc2)C(=O)CN(CCN2CCOCC2)C(=O)C23CC4CC(CC(C4)C2)C3)o1. The highest BCUT2D eigenvalue weighted by atomic mass is 16.5. The van der Waals surface area contributed by atoms with Gasteiger partial charge in [-0.15, -0.1) is 0 Å². The second kappa shape index (κ2) is 11.5. The minimum atomic E-state index is -0.261. The van der Waals surface area contributed by atoms with Crippen LogP contribution in [0.5, 0.6) is 0 Å². The van der Waals surface area contributed by atoms with Crippen LogP contribution in [0.3, 0.4) is 0 Å². The topological polar surface area (TPSA) is 66.2 Å². The van der Waals surface area contributed by atoms with Crippen molar-refractivity contribution in [2.75, 3.05) is 45.9 Å². The van der Waals surface area contributed by atoms with Gasteiger partial charge in [0.25, 0.3) is 0 Å². The van der Waals surface area contributed by atoms with Gasteiger partial charge in [0.15, 0.2) is 0 Å². The van der Waals surface area contributed by atoms with Crippen molar-refractivity contribution in [3.05, 3.63) is 59.5 Å². The molecule has 39 heavy (non-hydrogen) atoms. The molecule has 0 atom stereocenters. The first kappa shape index (κ1) is 26.6. The molecule has 1 aliphatic heterocycles. The van der Waals surface area contributed by atoms with Crippen molar-refractivity contribution in [2.24, 2.45) is 23.2 Å². The fourth-order valence-electron chi connectivity index (χ4n) is 8.10. The van der Waals surface area contributed by atoms with E-state index in [-0.39, 0.29) is 23.8 Å². The lowest BCUT2D eigenvalue weighted by molar-refractivity contribution is -0.160. The van der Waals surface area contributed by atoms with E-state index in [1.54, 1.807) is 0 Å². The maximum Gasteiger partial charge on any atom is 0.242 e. The molecule has 5 fully saturated rings. The van der Waals surface area contributed by atoms with Gasteiger partial charge < -0.3 is 19.0 Å². The van der Waals surface area contributed by atoms with Gasteiger partial charge in [0, 0.05) is 32.7 Å². The van der Waals surface area contributed by atoms with Gasteiger partial charge in [0.05, 0.1) is 31.7 Å². The summed E-state index contributed by atoms with van der Waals surface area (Å²) in [4.78, 5) is 34.6. The molecule has 0 radical (unpaired) electrons. The summed E-state index contributed by atoms with van der Waals surface area (Å²) in [6, 6.07) is 14.0. The zero-order valence-corrected chi connectivity index (χ0v) is 23.4. The van der Waals surface area contributed by atoms with Gasteiger partial charge in [0.2, 0.25) is 11.8 Å². The third-order valence-corrected chi connectivity index (χ3v) is 9.61. The molecule has 0 unspecified atom stereocenters. The van der Waals surface area contributed by atoms with Crippen molar-refractivity contribution < 1.29 is 18.7 Å². The molecule has 4 aliphatic carbocycles. The van der Waals surface area contributed by atoms with E-state index in [1.165, 1.54) is 19.3 Å². The van der Waals surface area contributed by atoms with Gasteiger partial charge in [-0.25, -0.2) is 0 Å². The Labute approximate surface area is 232 Å². The van der Waals surface area contributed by atoms with Crippen LogP contribution in [0.1, 0.15) is 55.6 Å². The maximum absolute atomic E-state index is 14.4. The van der Waals surface area contributed by atoms with E-state index >= 15 is 0 Å². The molecule has 1 aromatic heterocycles. The van der Waals surface area contributed by atoms with Crippen molar-refractivity contribution in [3.63, 3.8) is 0 Å². The van der Waals surface area contributed by atoms with E-state index in [4.69, 9.17) is 9.15 Å². The van der Waals surface area contributed by atoms with Crippen LogP contribution in [0.25, 0.3) is 0 Å². The van der Waals surface area contributed by atoms with Crippen molar-refractivity contribution in [1.82, 2.24) is 14.7 Å². The van der Waals surface area contributed by atoms with E-state index in [1.807, 2.05) is 59.2 Å². The number of morpholine rings is 1. The monoisotopic (exact) mass is 533 g/mol. The van der Waals surface area contributed by atoms with E-state index in [0.29, 0.717) is 37.4 Å². The molecule has 2 heterocycles. The Morgan fingerprint density at radius 2 is 1.56 bits per heavy atom. The van der Waals surface area contributed by atoms with Gasteiger partial charge in [-0.05, 0) is 80.9 Å². The molecular weight excluding hydrogens is 490 g/mol. The van der Waals surface area contributed by atoms with Gasteiger partial charge in [-0.2, -0.15) is 0 Å². The Morgan fingerprint density at radius 3 is 2.18 bits per heavy atom. The largest absolute Gasteiger partial charge is 0.464 e. The third-order valence-electron chi connectivity index (χ3n) is 9.61. The number of rotatable bonds is 10. The second-order valence-electron chi connectivity index (χ2n) is 12.6. The Balaban J connectivity index is 1.22. The summed E-state index contributed by atoms with van der Waals surface area (Å²) in [6.45, 7) is 7.52. The molecule has 7 heteroatoms. The summed E-state index contributed by atoms with van der Waals surface area (Å²) in [5.74, 6) is 3.88. The summed E-state index contributed by atoms with van der Waals surface area (Å²) >= 11 is 0. The Hall–Kier alpha value is -2.64. The quantitative estimate of drug-likeness (QED) is 0.450. The minimum Gasteiger partial charge on any atom is -0.464 e. The molecule has 1 aromatic carbocycles. The molecule has 7 rings (SSSR count). The van der Waals surface area contributed by atoms with Crippen LogP contribution in [0, 0.1) is 30.1 Å². The fraction of sp³-hybridized carbons (Fsp3) is 0.625. The normalized spacial score (nSPS) is 28.0. The predicted molar refractivity (Wildman–Crippen MR) is 149 cm³/mol. The highest BCUT2D eigenvalue weighted by Crippen LogP contribution is 2.60. The Morgan fingerprint density at radius 1 is 0.897 bits per heavy atom. The molecule has 2 aromatic rings. The number of benzene rings is 1. The lowest BCUT2D eigenvalue weighted by Crippen LogP contribution is -2.57. The number of ether oxygens (including phenoxy) is 1. The van der Waals surface area contributed by atoms with Crippen LogP contribution >= 0.6 is 0 Å². The molecule has 0 spiro atoms. The molecular formula is C32H43N3O4. The Kier molecular flexibility index (Phi) is 7.81.